The molecule has 0 aromatic heterocycles. The van der Waals surface area contributed by atoms with Crippen LogP contribution in [0.2, 0.25) is 0 Å². The van der Waals surface area contributed by atoms with Gasteiger partial charge in [-0.1, -0.05) is 48.5 Å². The van der Waals surface area contributed by atoms with Gasteiger partial charge in [-0.05, 0) is 29.8 Å². The number of carbonyl (C=O) groups is 2. The zero-order chi connectivity index (χ0) is 26.8. The van der Waals surface area contributed by atoms with Gasteiger partial charge in [-0.25, -0.2) is 13.6 Å². The highest BCUT2D eigenvalue weighted by Gasteiger charge is 2.43. The number of hydrogen-bond acceptors (Lipinski definition) is 3. The Kier molecular flexibility index (Phi) is 7.02. The maximum atomic E-state index is 14.9. The highest BCUT2D eigenvalue weighted by Crippen LogP contribution is 2.44. The van der Waals surface area contributed by atoms with Crippen molar-refractivity contribution in [1.82, 2.24) is 0 Å². The van der Waals surface area contributed by atoms with Crippen molar-refractivity contribution in [2.24, 2.45) is 0 Å². The van der Waals surface area contributed by atoms with Crippen LogP contribution in [0.3, 0.4) is 0 Å². The number of fused-ring (bicyclic) bond motifs is 1. The third kappa shape index (κ3) is 5.63. The molecule has 3 aromatic rings. The number of para-hydroxylation sites is 1. The number of allylic oxidation sites excluding steroid dienone is 1. The minimum Gasteiger partial charge on any atom is -0.489 e. The van der Waals surface area contributed by atoms with Gasteiger partial charge in [-0.15, -0.1) is 0 Å². The Labute approximate surface area is 208 Å². The summed E-state index contributed by atoms with van der Waals surface area (Å²) < 4.78 is 77.3. The molecule has 0 aliphatic carbocycles. The van der Waals surface area contributed by atoms with E-state index in [-0.39, 0.29) is 23.6 Å². The van der Waals surface area contributed by atoms with E-state index in [0.717, 1.165) is 16.5 Å². The Morgan fingerprint density at radius 2 is 1.68 bits per heavy atom. The number of alkyl halides is 5. The van der Waals surface area contributed by atoms with Crippen LogP contribution in [0.4, 0.5) is 27.6 Å². The molecule has 192 valence electrons. The monoisotopic (exact) mass is 517 g/mol. The first-order valence-electron chi connectivity index (χ1n) is 11.1. The third-order valence-corrected chi connectivity index (χ3v) is 5.82. The van der Waals surface area contributed by atoms with Crippen LogP contribution < -0.4 is 9.64 Å². The van der Waals surface area contributed by atoms with Crippen LogP contribution in [0.1, 0.15) is 33.5 Å². The Bertz CT molecular complexity index is 1350. The van der Waals surface area contributed by atoms with Crippen LogP contribution in [0.5, 0.6) is 5.75 Å². The van der Waals surface area contributed by atoms with Crippen LogP contribution in [0.15, 0.2) is 78.9 Å². The standard InChI is InChI=1S/C27H20F5NO4/c28-26(29)12-13-33(23-9-5-4-8-19(23)21(26)15-24(34)35)25(36)20-11-10-18(14-22(20)27(30,31)32)37-16-17-6-2-1-3-7-17/h1-11,14-15H,12-13,16H2,(H,34,35)/b21-15-. The number of carboxylic acid groups (broad SMARTS) is 1. The van der Waals surface area contributed by atoms with Gasteiger partial charge in [0, 0.05) is 30.2 Å². The van der Waals surface area contributed by atoms with Crippen molar-refractivity contribution in [2.45, 2.75) is 25.1 Å². The second-order valence-electron chi connectivity index (χ2n) is 8.30. The summed E-state index contributed by atoms with van der Waals surface area (Å²) in [4.78, 5) is 25.5. The van der Waals surface area contributed by atoms with Gasteiger partial charge in [0.2, 0.25) is 0 Å². The van der Waals surface area contributed by atoms with Crippen molar-refractivity contribution in [3.63, 3.8) is 0 Å². The van der Waals surface area contributed by atoms with E-state index >= 15 is 0 Å². The van der Waals surface area contributed by atoms with E-state index < -0.39 is 53.6 Å². The number of carboxylic acids is 1. The van der Waals surface area contributed by atoms with Crippen molar-refractivity contribution < 1.29 is 41.4 Å². The molecule has 10 heteroatoms. The number of nitrogens with zero attached hydrogens (tertiary/aromatic N) is 1. The summed E-state index contributed by atoms with van der Waals surface area (Å²) in [6.07, 6.45) is -5.57. The van der Waals surface area contributed by atoms with Gasteiger partial charge >= 0.3 is 12.1 Å². The molecule has 0 saturated carbocycles. The molecule has 37 heavy (non-hydrogen) atoms. The molecule has 0 spiro atoms. The maximum Gasteiger partial charge on any atom is 0.417 e. The molecule has 1 aliphatic rings. The highest BCUT2D eigenvalue weighted by molar-refractivity contribution is 6.09. The van der Waals surface area contributed by atoms with E-state index in [9.17, 15) is 31.5 Å². The molecule has 0 bridgehead atoms. The zero-order valence-electron chi connectivity index (χ0n) is 19.1. The summed E-state index contributed by atoms with van der Waals surface area (Å²) >= 11 is 0. The van der Waals surface area contributed by atoms with Crippen molar-refractivity contribution in [3.8, 4) is 5.75 Å². The molecule has 1 amide bonds. The van der Waals surface area contributed by atoms with E-state index in [0.29, 0.717) is 12.1 Å². The first-order valence-corrected chi connectivity index (χ1v) is 11.1. The molecule has 0 unspecified atom stereocenters. The molecule has 4 rings (SSSR count). The van der Waals surface area contributed by atoms with Crippen LogP contribution in [0.25, 0.3) is 5.57 Å². The summed E-state index contributed by atoms with van der Waals surface area (Å²) in [5, 5.41) is 9.11. The number of hydrogen-bond donors (Lipinski definition) is 1. The minimum atomic E-state index is -4.94. The summed E-state index contributed by atoms with van der Waals surface area (Å²) in [5.41, 5.74) is -2.50. The Hall–Kier alpha value is -4.21. The van der Waals surface area contributed by atoms with Gasteiger partial charge in [0.25, 0.3) is 11.8 Å². The number of amides is 1. The summed E-state index contributed by atoms with van der Waals surface area (Å²) in [6, 6.07) is 16.9. The number of anilines is 1. The maximum absolute atomic E-state index is 14.9. The third-order valence-electron chi connectivity index (χ3n) is 5.82. The molecular formula is C27H20F5NO4. The zero-order valence-corrected chi connectivity index (χ0v) is 19.1. The van der Waals surface area contributed by atoms with E-state index in [1.165, 1.54) is 30.3 Å². The molecule has 0 radical (unpaired) electrons. The van der Waals surface area contributed by atoms with Crippen molar-refractivity contribution >= 4 is 23.1 Å². The SMILES string of the molecule is O=C(O)/C=C1/c2ccccc2N(C(=O)c2ccc(OCc3ccccc3)cc2C(F)(F)F)CCC1(F)F. The fraction of sp³-hybridized carbons (Fsp3) is 0.185. The first kappa shape index (κ1) is 25.9. The highest BCUT2D eigenvalue weighted by atomic mass is 19.4. The normalized spacial score (nSPS) is 16.1. The predicted molar refractivity (Wildman–Crippen MR) is 126 cm³/mol. The van der Waals surface area contributed by atoms with Crippen molar-refractivity contribution in [2.75, 3.05) is 11.4 Å². The summed E-state index contributed by atoms with van der Waals surface area (Å²) in [7, 11) is 0. The Balaban J connectivity index is 1.74. The lowest BCUT2D eigenvalue weighted by molar-refractivity contribution is -0.138. The largest absolute Gasteiger partial charge is 0.489 e. The lowest BCUT2D eigenvalue weighted by Crippen LogP contribution is -2.34. The number of halogens is 5. The van der Waals surface area contributed by atoms with E-state index in [2.05, 4.69) is 0 Å². The number of rotatable bonds is 5. The fourth-order valence-electron chi connectivity index (χ4n) is 4.08. The van der Waals surface area contributed by atoms with Crippen LogP contribution in [-0.2, 0) is 17.6 Å². The predicted octanol–water partition coefficient (Wildman–Crippen LogP) is 6.44. The fourth-order valence-corrected chi connectivity index (χ4v) is 4.08. The minimum absolute atomic E-state index is 0.00129. The number of ether oxygens (including phenoxy) is 1. The second kappa shape index (κ2) is 10.0. The van der Waals surface area contributed by atoms with E-state index in [1.807, 2.05) is 0 Å². The first-order chi connectivity index (χ1) is 17.5. The van der Waals surface area contributed by atoms with Gasteiger partial charge in [-0.2, -0.15) is 13.2 Å². The Morgan fingerprint density at radius 3 is 2.35 bits per heavy atom. The van der Waals surface area contributed by atoms with Gasteiger partial charge < -0.3 is 14.7 Å². The second-order valence-corrected chi connectivity index (χ2v) is 8.30. The van der Waals surface area contributed by atoms with E-state index in [1.54, 1.807) is 30.3 Å². The molecule has 1 heterocycles. The molecule has 1 N–H and O–H groups in total. The van der Waals surface area contributed by atoms with Crippen LogP contribution in [0, 0.1) is 0 Å². The topological polar surface area (TPSA) is 66.8 Å². The van der Waals surface area contributed by atoms with Gasteiger partial charge in [0.05, 0.1) is 16.8 Å². The number of aliphatic carboxylic acids is 1. The smallest absolute Gasteiger partial charge is 0.417 e. The summed E-state index contributed by atoms with van der Waals surface area (Å²) in [5.74, 6) is -6.52. The lowest BCUT2D eigenvalue weighted by atomic mass is 9.97. The lowest BCUT2D eigenvalue weighted by Gasteiger charge is -2.24. The average molecular weight is 517 g/mol. The van der Waals surface area contributed by atoms with Gasteiger partial charge in [0.15, 0.2) is 0 Å². The molecule has 0 atom stereocenters. The molecule has 5 nitrogen and oxygen atoms in total. The summed E-state index contributed by atoms with van der Waals surface area (Å²) in [6.45, 7) is -0.637. The molecular weight excluding hydrogens is 497 g/mol. The molecule has 0 saturated heterocycles. The number of carbonyl (C=O) groups excluding carboxylic acids is 1. The average Bonchev–Trinajstić information content (AvgIpc) is 2.96. The quantitative estimate of drug-likeness (QED) is 0.313. The van der Waals surface area contributed by atoms with Crippen LogP contribution >= 0.6 is 0 Å². The van der Waals surface area contributed by atoms with Crippen molar-refractivity contribution in [3.05, 3.63) is 101 Å². The van der Waals surface area contributed by atoms with Gasteiger partial charge in [-0.3, -0.25) is 4.79 Å². The van der Waals surface area contributed by atoms with Gasteiger partial charge in [0.1, 0.15) is 12.4 Å². The molecule has 0 fully saturated rings. The van der Waals surface area contributed by atoms with Crippen molar-refractivity contribution in [1.29, 1.82) is 0 Å². The number of benzene rings is 3. The van der Waals surface area contributed by atoms with E-state index in [4.69, 9.17) is 9.84 Å². The Morgan fingerprint density at radius 1 is 1.00 bits per heavy atom. The van der Waals surface area contributed by atoms with Crippen LogP contribution in [-0.4, -0.2) is 29.5 Å². The molecule has 3 aromatic carbocycles. The molecule has 1 aliphatic heterocycles.